The molecule has 0 N–H and O–H groups in total. The van der Waals surface area contributed by atoms with Gasteiger partial charge in [0.25, 0.3) is 0 Å². The number of fused-ring (bicyclic) bond motifs is 28. The van der Waals surface area contributed by atoms with E-state index in [2.05, 4.69) is 257 Å². The molecule has 16 aromatic rings. The number of rotatable bonds is 10. The molecule has 4 aromatic heterocycles. The molecule has 628 valence electrons. The number of aromatic nitrogens is 4. The Bertz CT molecular complexity index is 6610. The molecule has 0 spiro atoms. The third-order valence-corrected chi connectivity index (χ3v) is 36.7. The third-order valence-electron chi connectivity index (χ3n) is 22.0. The molecule has 8 aliphatic rings. The lowest BCUT2D eigenvalue weighted by atomic mass is 10.1. The lowest BCUT2D eigenvalue weighted by Crippen LogP contribution is -2.78. The zero-order chi connectivity index (χ0) is 88.6. The Hall–Kier alpha value is -13.8. The summed E-state index contributed by atoms with van der Waals surface area (Å²) in [6.45, 7) is 0. The van der Waals surface area contributed by atoms with E-state index in [1.807, 2.05) is 72.8 Å². The summed E-state index contributed by atoms with van der Waals surface area (Å²) in [5.74, 6) is 6.28. The van der Waals surface area contributed by atoms with E-state index >= 15 is 0 Å². The first-order valence-electron chi connectivity index (χ1n) is 39.8. The quantitative estimate of drug-likeness (QED) is 0.0972. The van der Waals surface area contributed by atoms with Gasteiger partial charge in [0.15, 0.2) is 46.7 Å². The minimum Gasteiger partial charge on any atom is -0.482 e. The molecule has 127 heavy (non-hydrogen) atoms. The molecule has 0 saturated carbocycles. The van der Waals surface area contributed by atoms with Crippen molar-refractivity contribution in [2.45, 2.75) is 0 Å². The first kappa shape index (κ1) is 86.7. The minimum atomic E-state index is -4.81. The van der Waals surface area contributed by atoms with Crippen molar-refractivity contribution in [1.29, 1.82) is 0 Å². The summed E-state index contributed by atoms with van der Waals surface area (Å²) in [6, 6.07) is 108. The van der Waals surface area contributed by atoms with Crippen LogP contribution in [0, 0.1) is 0 Å². The van der Waals surface area contributed by atoms with E-state index in [-0.39, 0.29) is 0 Å². The molecule has 12 heterocycles. The highest BCUT2D eigenvalue weighted by Crippen LogP contribution is 2.45. The van der Waals surface area contributed by atoms with Gasteiger partial charge in [0.1, 0.15) is 45.2 Å². The van der Waals surface area contributed by atoms with Crippen molar-refractivity contribution in [3.8, 4) is 0 Å². The van der Waals surface area contributed by atoms with Gasteiger partial charge in [0.2, 0.25) is 0 Å². The summed E-state index contributed by atoms with van der Waals surface area (Å²) in [6.07, 6.45) is 0. The Morgan fingerprint density at radius 2 is 0.354 bits per heavy atom. The van der Waals surface area contributed by atoms with Gasteiger partial charge >= 0.3 is 47.0 Å². The number of aliphatic imine (C=N–C) groups is 8. The van der Waals surface area contributed by atoms with Crippen LogP contribution in [0.25, 0.3) is 43.1 Å². The van der Waals surface area contributed by atoms with Gasteiger partial charge in [0, 0.05) is 87.6 Å². The number of alkyl halides is 8. The number of hydrogen-bond acceptors (Lipinski definition) is 15. The van der Waals surface area contributed by atoms with Crippen LogP contribution in [0.4, 0.5) is 58.4 Å². The van der Waals surface area contributed by atoms with Crippen LogP contribution in [0.15, 0.2) is 375 Å². The van der Waals surface area contributed by atoms with E-state index in [1.54, 1.807) is 0 Å². The fraction of sp³-hybridized carbons (Fsp3) is 0.0833. The highest BCUT2D eigenvalue weighted by Gasteiger charge is 2.61. The van der Waals surface area contributed by atoms with Crippen LogP contribution < -0.4 is 42.7 Å². The van der Waals surface area contributed by atoms with Crippen molar-refractivity contribution < 1.29 is 46.2 Å². The number of halogens is 8. The number of benzene rings is 12. The summed E-state index contributed by atoms with van der Waals surface area (Å²) in [4.78, 5) is 68.6. The molecule has 0 saturated heterocycles. The Balaban J connectivity index is 0.000000705. The van der Waals surface area contributed by atoms with Crippen LogP contribution in [0.2, 0.25) is 0 Å². The van der Waals surface area contributed by atoms with Gasteiger partial charge in [-0.05, 0) is 20.7 Å². The molecular weight excluding hydrogens is 1690 g/mol. The van der Waals surface area contributed by atoms with Crippen molar-refractivity contribution in [1.82, 2.24) is 14.2 Å². The fourth-order valence-corrected chi connectivity index (χ4v) is 34.9. The number of hydrogen-bond donors (Lipinski definition) is 0. The predicted octanol–water partition coefficient (Wildman–Crippen LogP) is 16.1. The molecule has 31 heteroatoms. The molecule has 0 amide bonds. The summed E-state index contributed by atoms with van der Waals surface area (Å²) in [5, 5.41) is 9.71. The van der Waals surface area contributed by atoms with Gasteiger partial charge in [-0.3, -0.25) is 35.1 Å². The topological polar surface area (TPSA) is 196 Å². The Morgan fingerprint density at radius 1 is 0.189 bits per heavy atom. The SMILES string of the molecule is CF.CF.CF.CF.CF.CF.CF.CF.c1ccc([Si]([O][Al]2[n]3c4c5ccccc5c3N=C3N=C(N=c5c6ccccc6c([n]52)=NC2=NC(=N4)c4ccccc42)c2ccccc23)(O[Si]([O][Al]2[n]3c4c5ccccc5c3N=C3N=C(N=c5c6ccccc6c([n]52)=NC2=NC(=N4)c4ccccc42)c2ccccc23)(c2ccccc2)c2ccccc2)c2ccccc2)cc1. The van der Waals surface area contributed by atoms with E-state index in [1.165, 1.54) is 0 Å². The second-order valence-electron chi connectivity index (χ2n) is 28.1. The van der Waals surface area contributed by atoms with Crippen molar-refractivity contribution >= 4 is 181 Å². The van der Waals surface area contributed by atoms with E-state index in [0.29, 0.717) is 149 Å². The summed E-state index contributed by atoms with van der Waals surface area (Å²) < 4.78 is 113. The van der Waals surface area contributed by atoms with Crippen LogP contribution in [-0.4, -0.2) is 165 Å². The first-order valence-corrected chi connectivity index (χ1v) is 46.4. The second-order valence-corrected chi connectivity index (χ2v) is 38.9. The van der Waals surface area contributed by atoms with Crippen molar-refractivity contribution in [2.24, 2.45) is 59.9 Å². The lowest BCUT2D eigenvalue weighted by Gasteiger charge is -2.44. The molecule has 0 atom stereocenters. The Kier molecular flexibility index (Phi) is 25.9. The van der Waals surface area contributed by atoms with Gasteiger partial charge in [-0.2, -0.15) is 0 Å². The van der Waals surface area contributed by atoms with Crippen LogP contribution >= 0.6 is 0 Å². The van der Waals surface area contributed by atoms with Gasteiger partial charge in [-0.1, -0.05) is 315 Å². The van der Waals surface area contributed by atoms with E-state index in [4.69, 9.17) is 59.9 Å². The van der Waals surface area contributed by atoms with Crippen LogP contribution in [0.5, 0.6) is 0 Å². The summed E-state index contributed by atoms with van der Waals surface area (Å²) in [5.41, 5.74) is 9.00. The largest absolute Gasteiger partial charge is 0.800 e. The first-order chi connectivity index (χ1) is 63.0. The average Bonchev–Trinajstić information content (AvgIpc) is 1.57. The normalized spacial score (nSPS) is 13.6. The second kappa shape index (κ2) is 37.9. The van der Waals surface area contributed by atoms with Crippen LogP contribution in [0.1, 0.15) is 44.5 Å². The number of nitrogens with zero attached hydrogens (tertiary/aromatic N) is 16. The average molecular weight is 1760 g/mol. The van der Waals surface area contributed by atoms with Crippen molar-refractivity contribution in [3.05, 3.63) is 382 Å². The maximum atomic E-state index is 9.50. The molecule has 0 unspecified atom stereocenters. The van der Waals surface area contributed by atoms with Gasteiger partial charge in [-0.25, -0.2) is 59.9 Å². The maximum absolute atomic E-state index is 9.50. The molecule has 0 radical (unpaired) electrons. The Labute approximate surface area is 735 Å². The molecule has 12 bridgehead atoms. The molecule has 24 rings (SSSR count). The fourth-order valence-electron chi connectivity index (χ4n) is 17.0. The zero-order valence-corrected chi connectivity index (χ0v) is 73.9. The number of amidine groups is 8. The highest BCUT2D eigenvalue weighted by atomic mass is 28.5. The zero-order valence-electron chi connectivity index (χ0n) is 69.6. The van der Waals surface area contributed by atoms with Crippen LogP contribution in [-0.2, 0) is 11.1 Å². The van der Waals surface area contributed by atoms with Gasteiger partial charge < -0.3 is 25.3 Å². The molecule has 0 fully saturated rings. The maximum Gasteiger partial charge on any atom is 0.800 e. The minimum absolute atomic E-state index is 0.498. The van der Waals surface area contributed by atoms with Crippen LogP contribution in [0.3, 0.4) is 0 Å². The van der Waals surface area contributed by atoms with Gasteiger partial charge in [0.05, 0.1) is 57.4 Å². The summed E-state index contributed by atoms with van der Waals surface area (Å²) in [7, 11) is -5.62. The molecule has 12 aromatic carbocycles. The Morgan fingerprint density at radius 3 is 0.551 bits per heavy atom. The monoisotopic (exact) mass is 1760 g/mol. The van der Waals surface area contributed by atoms with E-state index in [9.17, 15) is 46.2 Å². The molecular formula is C96H76Al2F8N16O3Si2. The molecule has 8 aliphatic heterocycles. The third kappa shape index (κ3) is 14.5. The summed E-state index contributed by atoms with van der Waals surface area (Å²) >= 11 is -7.92. The lowest BCUT2D eigenvalue weighted by molar-refractivity contribution is 0.350. The van der Waals surface area contributed by atoms with Crippen molar-refractivity contribution in [3.63, 3.8) is 0 Å². The van der Waals surface area contributed by atoms with E-state index in [0.717, 1.165) is 108 Å². The standard InChI is InChI=1S/2C32H16N8.C24H20O3Si2.8CH3F.2Al/c2*1-2-10-18-17(9-1)25-33-26(18)38-28-21-13-5-6-14-22(21)30(35-28)40-32-24-16-8-7-15-23(24)31(36-32)39-29-20-12-4-3-11-19(20)27(34-29)37-25;25-28(21-13-5-1-6-14-21,22-15-7-2-8-16-22)27-29(26,23-17-9-3-10-18-23)24-19-11-4-12-20-24;8*1-2;;/h2*1-16H;1-20H;8*1H3;;/q3*-2;;;;;;;;;2*+3. The van der Waals surface area contributed by atoms with Crippen molar-refractivity contribution in [2.75, 3.05) is 57.4 Å². The predicted molar refractivity (Wildman–Crippen MR) is 498 cm³/mol. The molecule has 19 nitrogen and oxygen atoms in total. The molecule has 0 aliphatic carbocycles. The van der Waals surface area contributed by atoms with E-state index < -0.39 is 47.0 Å². The van der Waals surface area contributed by atoms with Gasteiger partial charge in [-0.15, -0.1) is 0 Å². The smallest absolute Gasteiger partial charge is 0.482 e. The highest BCUT2D eigenvalue weighted by molar-refractivity contribution is 7.07.